The number of pyridine rings is 1. The van der Waals surface area contributed by atoms with E-state index in [9.17, 15) is 24.4 Å². The molecule has 2 aromatic heterocycles. The van der Waals surface area contributed by atoms with E-state index >= 15 is 0 Å². The van der Waals surface area contributed by atoms with Crippen molar-refractivity contribution in [1.29, 1.82) is 0 Å². The Morgan fingerprint density at radius 2 is 1.75 bits per heavy atom. The van der Waals surface area contributed by atoms with E-state index < -0.39 is 23.8 Å². The van der Waals surface area contributed by atoms with Gasteiger partial charge < -0.3 is 14.7 Å². The van der Waals surface area contributed by atoms with Crippen LogP contribution in [0.2, 0.25) is 0 Å². The van der Waals surface area contributed by atoms with Gasteiger partial charge in [0, 0.05) is 53.3 Å². The predicted molar refractivity (Wildman–Crippen MR) is 189 cm³/mol. The van der Waals surface area contributed by atoms with Crippen molar-refractivity contribution >= 4 is 29.8 Å². The second kappa shape index (κ2) is 14.7. The highest BCUT2D eigenvalue weighted by Crippen LogP contribution is 2.35. The first kappa shape index (κ1) is 33.8. The number of nitrogens with one attached hydrogen (secondary N) is 1. The number of oxime groups is 1. The molecule has 262 valence electrons. The van der Waals surface area contributed by atoms with E-state index in [0.29, 0.717) is 35.6 Å². The van der Waals surface area contributed by atoms with Crippen molar-refractivity contribution in [2.45, 2.75) is 38.6 Å². The van der Waals surface area contributed by atoms with Crippen LogP contribution in [0.5, 0.6) is 11.5 Å². The van der Waals surface area contributed by atoms with Crippen molar-refractivity contribution in [1.82, 2.24) is 25.0 Å². The minimum Gasteiger partial charge on any atom is -0.490 e. The normalized spacial score (nSPS) is 15.9. The Morgan fingerprint density at radius 1 is 0.962 bits per heavy atom. The molecule has 13 heteroatoms. The van der Waals surface area contributed by atoms with Gasteiger partial charge in [-0.25, -0.2) is 4.68 Å². The minimum atomic E-state index is -1.07. The second-order valence-corrected chi connectivity index (χ2v) is 12.4. The van der Waals surface area contributed by atoms with E-state index in [2.05, 4.69) is 21.5 Å². The van der Waals surface area contributed by atoms with Crippen LogP contribution in [-0.4, -0.2) is 74.0 Å². The van der Waals surface area contributed by atoms with E-state index in [1.807, 2.05) is 59.4 Å². The maximum atomic E-state index is 13.3. The molecule has 1 aliphatic heterocycles. The van der Waals surface area contributed by atoms with Gasteiger partial charge in [0.25, 0.3) is 5.91 Å². The highest BCUT2D eigenvalue weighted by Gasteiger charge is 2.35. The van der Waals surface area contributed by atoms with E-state index in [0.717, 1.165) is 50.5 Å². The number of hydrogen-bond donors (Lipinski definition) is 2. The Bertz CT molecular complexity index is 2210. The van der Waals surface area contributed by atoms with E-state index in [-0.39, 0.29) is 31.6 Å². The molecule has 0 bridgehead atoms. The number of aromatic nitrogens is 3. The standard InChI is InChI=1S/C39H34N6O7/c1-24-5-8-30(21-32(24)39(49)44(23-46)35-11-12-36(47)41-38(35)48)52-18-17-51-29-4-2-3-28(20-29)45-22-33(37(42-45)25-13-15-40-16-14-25)27-6-9-31-26(19-27)7-10-34(31)43-50/h2-6,8-9,13-16,19-23,35,50H,7,10-12,17-18H2,1H3,(H,41,47,48)/b43-34+. The quantitative estimate of drug-likeness (QED) is 0.0642. The van der Waals surface area contributed by atoms with Gasteiger partial charge in [-0.15, -0.1) is 0 Å². The summed E-state index contributed by atoms with van der Waals surface area (Å²) in [5, 5.41) is 20.0. The molecule has 52 heavy (non-hydrogen) atoms. The van der Waals surface area contributed by atoms with Crippen LogP contribution in [0.3, 0.4) is 0 Å². The number of aryl methyl sites for hydroxylation is 2. The number of amides is 4. The molecule has 1 saturated heterocycles. The maximum absolute atomic E-state index is 13.3. The van der Waals surface area contributed by atoms with Gasteiger partial charge in [0.1, 0.15) is 36.4 Å². The number of carbonyl (C=O) groups excluding carboxylic acids is 4. The Hall–Kier alpha value is -6.63. The van der Waals surface area contributed by atoms with Gasteiger partial charge in [0.2, 0.25) is 18.2 Å². The maximum Gasteiger partial charge on any atom is 0.261 e. The zero-order valence-electron chi connectivity index (χ0n) is 28.2. The summed E-state index contributed by atoms with van der Waals surface area (Å²) in [6.45, 7) is 2.07. The Balaban J connectivity index is 1.04. The van der Waals surface area contributed by atoms with Gasteiger partial charge in [-0.1, -0.05) is 35.5 Å². The van der Waals surface area contributed by atoms with Crippen molar-refractivity contribution in [3.8, 4) is 39.6 Å². The number of benzene rings is 3. The average Bonchev–Trinajstić information content (AvgIpc) is 3.80. The van der Waals surface area contributed by atoms with Gasteiger partial charge in [-0.05, 0) is 79.3 Å². The Kier molecular flexibility index (Phi) is 9.56. The molecule has 0 saturated carbocycles. The molecule has 3 aromatic carbocycles. The third kappa shape index (κ3) is 6.88. The zero-order chi connectivity index (χ0) is 36.2. The molecule has 4 amide bonds. The van der Waals surface area contributed by atoms with Crippen LogP contribution in [0.25, 0.3) is 28.1 Å². The lowest BCUT2D eigenvalue weighted by atomic mass is 9.98. The Morgan fingerprint density at radius 3 is 2.50 bits per heavy atom. The molecule has 7 rings (SSSR count). The first-order valence-electron chi connectivity index (χ1n) is 16.8. The molecule has 0 radical (unpaired) electrons. The lowest BCUT2D eigenvalue weighted by molar-refractivity contribution is -0.139. The molecule has 3 heterocycles. The molecule has 5 aromatic rings. The summed E-state index contributed by atoms with van der Waals surface area (Å²) in [5.74, 6) is -0.789. The van der Waals surface area contributed by atoms with Gasteiger partial charge >= 0.3 is 0 Å². The molecular weight excluding hydrogens is 664 g/mol. The smallest absolute Gasteiger partial charge is 0.261 e. The van der Waals surface area contributed by atoms with Gasteiger partial charge in [0.15, 0.2) is 0 Å². The Labute approximate surface area is 298 Å². The zero-order valence-corrected chi connectivity index (χ0v) is 28.2. The fourth-order valence-electron chi connectivity index (χ4n) is 6.49. The summed E-state index contributed by atoms with van der Waals surface area (Å²) in [5.41, 5.74) is 8.01. The number of piperidine rings is 1. The minimum absolute atomic E-state index is 0.0354. The molecule has 0 spiro atoms. The molecule has 2 aliphatic rings. The van der Waals surface area contributed by atoms with Crippen molar-refractivity contribution in [2.75, 3.05) is 13.2 Å². The summed E-state index contributed by atoms with van der Waals surface area (Å²) >= 11 is 0. The third-order valence-corrected chi connectivity index (χ3v) is 9.18. The molecule has 1 atom stereocenters. The summed E-state index contributed by atoms with van der Waals surface area (Å²) < 4.78 is 13.7. The highest BCUT2D eigenvalue weighted by atomic mass is 16.5. The molecule has 2 N–H and O–H groups in total. The van der Waals surface area contributed by atoms with E-state index in [1.165, 1.54) is 6.07 Å². The van der Waals surface area contributed by atoms with Gasteiger partial charge in [0.05, 0.1) is 11.4 Å². The monoisotopic (exact) mass is 698 g/mol. The van der Waals surface area contributed by atoms with Crippen molar-refractivity contribution in [3.05, 3.63) is 114 Å². The number of fused-ring (bicyclic) bond motifs is 1. The molecule has 1 unspecified atom stereocenters. The van der Waals surface area contributed by atoms with Crippen LogP contribution in [0, 0.1) is 6.92 Å². The fourth-order valence-corrected chi connectivity index (χ4v) is 6.49. The third-order valence-electron chi connectivity index (χ3n) is 9.18. The molecule has 1 aliphatic carbocycles. The van der Waals surface area contributed by atoms with Gasteiger partial charge in [-0.2, -0.15) is 5.10 Å². The van der Waals surface area contributed by atoms with E-state index in [1.54, 1.807) is 31.5 Å². The molecule has 1 fully saturated rings. The largest absolute Gasteiger partial charge is 0.490 e. The van der Waals surface area contributed by atoms with E-state index in [4.69, 9.17) is 14.6 Å². The second-order valence-electron chi connectivity index (χ2n) is 12.4. The molecule has 13 nitrogen and oxygen atoms in total. The van der Waals surface area contributed by atoms with Crippen LogP contribution in [0.15, 0.2) is 96.5 Å². The topological polar surface area (TPSA) is 165 Å². The number of hydrogen-bond acceptors (Lipinski definition) is 10. The van der Waals surface area contributed by atoms with Crippen LogP contribution >= 0.6 is 0 Å². The number of nitrogens with zero attached hydrogens (tertiary/aromatic N) is 5. The average molecular weight is 699 g/mol. The number of imide groups is 2. The number of rotatable bonds is 11. The number of ether oxygens (including phenoxy) is 2. The van der Waals surface area contributed by atoms with Crippen LogP contribution in [-0.2, 0) is 20.8 Å². The number of carbonyl (C=O) groups is 4. The first-order chi connectivity index (χ1) is 25.3. The summed E-state index contributed by atoms with van der Waals surface area (Å²) in [6.07, 6.45) is 7.37. The predicted octanol–water partition coefficient (Wildman–Crippen LogP) is 4.90. The van der Waals surface area contributed by atoms with Crippen LogP contribution < -0.4 is 14.8 Å². The van der Waals surface area contributed by atoms with Gasteiger partial charge in [-0.3, -0.25) is 34.4 Å². The summed E-state index contributed by atoms with van der Waals surface area (Å²) in [4.78, 5) is 54.1. The van der Waals surface area contributed by atoms with Crippen LogP contribution in [0.1, 0.15) is 46.3 Å². The summed E-state index contributed by atoms with van der Waals surface area (Å²) in [6, 6.07) is 21.4. The lowest BCUT2D eigenvalue weighted by Crippen LogP contribution is -2.53. The van der Waals surface area contributed by atoms with Crippen molar-refractivity contribution in [3.63, 3.8) is 0 Å². The molecular formula is C39H34N6O7. The highest BCUT2D eigenvalue weighted by molar-refractivity contribution is 6.08. The first-order valence-corrected chi connectivity index (χ1v) is 16.8. The summed E-state index contributed by atoms with van der Waals surface area (Å²) in [7, 11) is 0. The fraction of sp³-hybridized carbons (Fsp3) is 0.205. The van der Waals surface area contributed by atoms with Crippen molar-refractivity contribution in [2.24, 2.45) is 5.16 Å². The SMILES string of the molecule is Cc1ccc(OCCOc2cccc(-n3cc(-c4ccc5c(c4)CC/C5=N\O)c(-c4ccncc4)n3)c2)cc1C(=O)N(C=O)C1CCC(=O)NC1=O. The lowest BCUT2D eigenvalue weighted by Gasteiger charge is -2.28. The van der Waals surface area contributed by atoms with Crippen molar-refractivity contribution < 1.29 is 33.9 Å². The van der Waals surface area contributed by atoms with Crippen LogP contribution in [0.4, 0.5) is 0 Å².